The molecule has 0 aliphatic heterocycles. The first-order chi connectivity index (χ1) is 5.02. The van der Waals surface area contributed by atoms with Crippen molar-refractivity contribution in [3.63, 3.8) is 0 Å². The Bertz CT molecular complexity index is 193. The average molecular weight is 168 g/mol. The molecule has 1 rings (SSSR count). The minimum Gasteiger partial charge on any atom is -0.127 e. The SMILES string of the molecule is CC1CC=CC=C1C(C)(C)P. The number of allylic oxidation sites excluding steroid dienone is 4. The van der Waals surface area contributed by atoms with Gasteiger partial charge in [-0.25, -0.2) is 0 Å². The van der Waals surface area contributed by atoms with Crippen molar-refractivity contribution in [2.24, 2.45) is 5.92 Å². The zero-order valence-electron chi connectivity index (χ0n) is 7.59. The summed E-state index contributed by atoms with van der Waals surface area (Å²) >= 11 is 0. The summed E-state index contributed by atoms with van der Waals surface area (Å²) in [5, 5.41) is 0.268. The van der Waals surface area contributed by atoms with Gasteiger partial charge in [0, 0.05) is 5.16 Å². The van der Waals surface area contributed by atoms with E-state index in [0.717, 1.165) is 0 Å². The summed E-state index contributed by atoms with van der Waals surface area (Å²) in [5.74, 6) is 0.715. The third-order valence-electron chi connectivity index (χ3n) is 2.18. The van der Waals surface area contributed by atoms with E-state index in [1.807, 2.05) is 0 Å². The Morgan fingerprint density at radius 2 is 2.18 bits per heavy atom. The van der Waals surface area contributed by atoms with Gasteiger partial charge in [-0.3, -0.25) is 0 Å². The van der Waals surface area contributed by atoms with Gasteiger partial charge in [0.25, 0.3) is 0 Å². The van der Waals surface area contributed by atoms with E-state index in [0.29, 0.717) is 5.92 Å². The lowest BCUT2D eigenvalue weighted by atomic mass is 9.85. The van der Waals surface area contributed by atoms with Crippen molar-refractivity contribution in [1.29, 1.82) is 0 Å². The van der Waals surface area contributed by atoms with Crippen molar-refractivity contribution < 1.29 is 0 Å². The molecule has 2 unspecified atom stereocenters. The summed E-state index contributed by atoms with van der Waals surface area (Å²) in [7, 11) is 2.90. The predicted octanol–water partition coefficient (Wildman–Crippen LogP) is 3.16. The third-order valence-corrected chi connectivity index (χ3v) is 2.51. The Kier molecular flexibility index (Phi) is 2.54. The van der Waals surface area contributed by atoms with Crippen molar-refractivity contribution in [3.8, 4) is 0 Å². The van der Waals surface area contributed by atoms with Crippen LogP contribution in [-0.4, -0.2) is 5.16 Å². The van der Waals surface area contributed by atoms with Gasteiger partial charge in [0.2, 0.25) is 0 Å². The number of rotatable bonds is 1. The molecule has 0 aromatic rings. The van der Waals surface area contributed by atoms with Gasteiger partial charge in [0.05, 0.1) is 0 Å². The van der Waals surface area contributed by atoms with E-state index < -0.39 is 0 Å². The van der Waals surface area contributed by atoms with Gasteiger partial charge in [-0.15, -0.1) is 9.24 Å². The summed E-state index contributed by atoms with van der Waals surface area (Å²) in [5.41, 5.74) is 1.55. The molecule has 0 aromatic carbocycles. The van der Waals surface area contributed by atoms with E-state index in [1.54, 1.807) is 5.57 Å². The molecule has 0 N–H and O–H groups in total. The summed E-state index contributed by atoms with van der Waals surface area (Å²) in [4.78, 5) is 0. The van der Waals surface area contributed by atoms with Crippen LogP contribution in [0.25, 0.3) is 0 Å². The third kappa shape index (κ3) is 2.17. The average Bonchev–Trinajstić information content (AvgIpc) is 1.86. The molecule has 0 heterocycles. The van der Waals surface area contributed by atoms with Crippen LogP contribution < -0.4 is 0 Å². The second-order valence-electron chi connectivity index (χ2n) is 3.91. The highest BCUT2D eigenvalue weighted by Crippen LogP contribution is 2.35. The Labute approximate surface area is 72.0 Å². The lowest BCUT2D eigenvalue weighted by Crippen LogP contribution is -2.20. The molecule has 2 atom stereocenters. The van der Waals surface area contributed by atoms with Crippen LogP contribution in [0.4, 0.5) is 0 Å². The van der Waals surface area contributed by atoms with Crippen molar-refractivity contribution in [1.82, 2.24) is 0 Å². The van der Waals surface area contributed by atoms with Crippen LogP contribution in [0, 0.1) is 5.92 Å². The smallest absolute Gasteiger partial charge is 0.000626 e. The Hall–Kier alpha value is -0.0900. The molecular weight excluding hydrogens is 151 g/mol. The predicted molar refractivity (Wildman–Crippen MR) is 54.8 cm³/mol. The van der Waals surface area contributed by atoms with Crippen molar-refractivity contribution in [2.75, 3.05) is 0 Å². The number of hydrogen-bond donors (Lipinski definition) is 0. The fourth-order valence-corrected chi connectivity index (χ4v) is 1.98. The van der Waals surface area contributed by atoms with E-state index in [4.69, 9.17) is 0 Å². The van der Waals surface area contributed by atoms with Gasteiger partial charge in [0.1, 0.15) is 0 Å². The second-order valence-corrected chi connectivity index (χ2v) is 5.35. The molecule has 0 saturated heterocycles. The summed E-state index contributed by atoms with van der Waals surface area (Å²) in [6.07, 6.45) is 7.86. The maximum Gasteiger partial charge on any atom is 0.000626 e. The largest absolute Gasteiger partial charge is 0.127 e. The maximum absolute atomic E-state index is 2.90. The first-order valence-corrected chi connectivity index (χ1v) is 4.75. The van der Waals surface area contributed by atoms with Crippen molar-refractivity contribution >= 4 is 9.24 Å². The fraction of sp³-hybridized carbons (Fsp3) is 0.600. The van der Waals surface area contributed by atoms with Gasteiger partial charge in [-0.2, -0.15) is 0 Å². The zero-order valence-corrected chi connectivity index (χ0v) is 8.75. The molecule has 0 bridgehead atoms. The first-order valence-electron chi connectivity index (χ1n) is 4.18. The normalized spacial score (nSPS) is 25.1. The molecule has 0 aromatic heterocycles. The van der Waals surface area contributed by atoms with Crippen molar-refractivity contribution in [3.05, 3.63) is 23.8 Å². The van der Waals surface area contributed by atoms with Gasteiger partial charge in [0.15, 0.2) is 0 Å². The number of hydrogen-bond acceptors (Lipinski definition) is 0. The molecule has 11 heavy (non-hydrogen) atoms. The molecule has 0 fully saturated rings. The summed E-state index contributed by atoms with van der Waals surface area (Å²) in [6, 6.07) is 0. The highest BCUT2D eigenvalue weighted by atomic mass is 31.0. The van der Waals surface area contributed by atoms with Crippen LogP contribution >= 0.6 is 9.24 Å². The quantitative estimate of drug-likeness (QED) is 0.527. The highest BCUT2D eigenvalue weighted by molar-refractivity contribution is 7.19. The van der Waals surface area contributed by atoms with Crippen molar-refractivity contribution in [2.45, 2.75) is 32.3 Å². The molecule has 0 nitrogen and oxygen atoms in total. The Morgan fingerprint density at radius 3 is 2.55 bits per heavy atom. The molecule has 0 saturated carbocycles. The van der Waals surface area contributed by atoms with Crippen LogP contribution in [0.2, 0.25) is 0 Å². The second kappa shape index (κ2) is 3.11. The molecule has 62 valence electrons. The van der Waals surface area contributed by atoms with Gasteiger partial charge in [-0.1, -0.05) is 44.6 Å². The van der Waals surface area contributed by atoms with Crippen LogP contribution in [-0.2, 0) is 0 Å². The molecule has 0 amide bonds. The van der Waals surface area contributed by atoms with Gasteiger partial charge in [-0.05, 0) is 12.3 Å². The lowest BCUT2D eigenvalue weighted by Gasteiger charge is -2.29. The molecule has 0 radical (unpaired) electrons. The summed E-state index contributed by atoms with van der Waals surface area (Å²) in [6.45, 7) is 6.79. The van der Waals surface area contributed by atoms with E-state index in [9.17, 15) is 0 Å². The maximum atomic E-state index is 2.90. The molecule has 0 spiro atoms. The van der Waals surface area contributed by atoms with Crippen LogP contribution in [0.1, 0.15) is 27.2 Å². The highest BCUT2D eigenvalue weighted by Gasteiger charge is 2.22. The van der Waals surface area contributed by atoms with E-state index in [-0.39, 0.29) is 5.16 Å². The minimum atomic E-state index is 0.268. The van der Waals surface area contributed by atoms with E-state index in [2.05, 4.69) is 48.2 Å². The van der Waals surface area contributed by atoms with Gasteiger partial charge >= 0.3 is 0 Å². The fourth-order valence-electron chi connectivity index (χ4n) is 1.60. The first kappa shape index (κ1) is 9.00. The van der Waals surface area contributed by atoms with Crippen LogP contribution in [0.15, 0.2) is 23.8 Å². The topological polar surface area (TPSA) is 0 Å². The molecular formula is C10H17P. The van der Waals surface area contributed by atoms with Crippen LogP contribution in [0.3, 0.4) is 0 Å². The Balaban J connectivity index is 2.84. The Morgan fingerprint density at radius 1 is 1.55 bits per heavy atom. The molecule has 1 aliphatic carbocycles. The lowest BCUT2D eigenvalue weighted by molar-refractivity contribution is 0.609. The standard InChI is InChI=1S/C10H17P/c1-8-6-4-5-7-9(8)10(2,3)11/h4-5,7-8H,6,11H2,1-3H3. The van der Waals surface area contributed by atoms with E-state index in [1.165, 1.54) is 6.42 Å². The minimum absolute atomic E-state index is 0.268. The monoisotopic (exact) mass is 168 g/mol. The van der Waals surface area contributed by atoms with Gasteiger partial charge < -0.3 is 0 Å². The zero-order chi connectivity index (χ0) is 8.48. The van der Waals surface area contributed by atoms with E-state index >= 15 is 0 Å². The molecule has 1 aliphatic rings. The summed E-state index contributed by atoms with van der Waals surface area (Å²) < 4.78 is 0. The van der Waals surface area contributed by atoms with Crippen LogP contribution in [0.5, 0.6) is 0 Å². The molecule has 1 heteroatoms.